The zero-order chi connectivity index (χ0) is 16.4. The summed E-state index contributed by atoms with van der Waals surface area (Å²) in [5, 5.41) is -0.0848. The molecule has 0 aromatic heterocycles. The molecule has 1 aliphatic heterocycles. The van der Waals surface area contributed by atoms with Gasteiger partial charge in [-0.25, -0.2) is 8.42 Å². The molecule has 0 amide bonds. The Kier molecular flexibility index (Phi) is 9.48. The Balaban J connectivity index is 2.13. The second kappa shape index (κ2) is 10.5. The summed E-state index contributed by atoms with van der Waals surface area (Å²) in [7, 11) is -3.05. The van der Waals surface area contributed by atoms with Crippen molar-refractivity contribution in [3.05, 3.63) is 0 Å². The van der Waals surface area contributed by atoms with E-state index in [4.69, 9.17) is 4.74 Å². The van der Waals surface area contributed by atoms with E-state index in [-0.39, 0.29) is 22.7 Å². The van der Waals surface area contributed by atoms with Crippen molar-refractivity contribution in [3.63, 3.8) is 0 Å². The average Bonchev–Trinajstić information content (AvgIpc) is 2.70. The first-order chi connectivity index (χ1) is 10.4. The van der Waals surface area contributed by atoms with Crippen molar-refractivity contribution in [3.8, 4) is 0 Å². The van der Waals surface area contributed by atoms with Crippen LogP contribution in [0.3, 0.4) is 0 Å². The van der Waals surface area contributed by atoms with E-state index in [9.17, 15) is 13.2 Å². The summed E-state index contributed by atoms with van der Waals surface area (Å²) in [6.07, 6.45) is 9.72. The third-order valence-electron chi connectivity index (χ3n) is 3.90. The van der Waals surface area contributed by atoms with Crippen molar-refractivity contribution in [1.29, 1.82) is 0 Å². The predicted molar refractivity (Wildman–Crippen MR) is 93.1 cm³/mol. The summed E-state index contributed by atoms with van der Waals surface area (Å²) in [6.45, 7) is 3.56. The molecule has 0 unspecified atom stereocenters. The Morgan fingerprint density at radius 1 is 1.05 bits per heavy atom. The van der Waals surface area contributed by atoms with Gasteiger partial charge in [0.25, 0.3) is 0 Å². The van der Waals surface area contributed by atoms with E-state index >= 15 is 0 Å². The van der Waals surface area contributed by atoms with Crippen LogP contribution in [0.2, 0.25) is 0 Å². The van der Waals surface area contributed by atoms with Gasteiger partial charge in [-0.2, -0.15) is 11.8 Å². The molecular formula is C16H30O4S2. The molecule has 0 aromatic carbocycles. The van der Waals surface area contributed by atoms with Gasteiger partial charge in [0, 0.05) is 6.92 Å². The van der Waals surface area contributed by atoms with Crippen LogP contribution in [-0.4, -0.2) is 43.0 Å². The van der Waals surface area contributed by atoms with Crippen LogP contribution in [0, 0.1) is 0 Å². The molecular weight excluding hydrogens is 320 g/mol. The molecule has 130 valence electrons. The van der Waals surface area contributed by atoms with Crippen LogP contribution >= 0.6 is 11.8 Å². The standard InChI is InChI=1S/C16H30O4S2/c1-3-4-5-6-7-8-9-10-11-21-16-13-22(18,19)12-15(16)20-14(2)17/h15-16H,3-13H2,1-2H3/t15-,16-/m1/s1. The minimum Gasteiger partial charge on any atom is -0.460 e. The van der Waals surface area contributed by atoms with Crippen LogP contribution in [0.1, 0.15) is 65.2 Å². The molecule has 1 rings (SSSR count). The summed E-state index contributed by atoms with van der Waals surface area (Å²) < 4.78 is 28.5. The van der Waals surface area contributed by atoms with Crippen molar-refractivity contribution in [2.24, 2.45) is 0 Å². The number of carbonyl (C=O) groups is 1. The third-order valence-corrected chi connectivity index (χ3v) is 7.24. The van der Waals surface area contributed by atoms with E-state index in [2.05, 4.69) is 6.92 Å². The number of thioether (sulfide) groups is 1. The lowest BCUT2D eigenvalue weighted by Gasteiger charge is -2.17. The first-order valence-electron chi connectivity index (χ1n) is 8.44. The maximum Gasteiger partial charge on any atom is 0.302 e. The van der Waals surface area contributed by atoms with Gasteiger partial charge in [-0.3, -0.25) is 4.79 Å². The van der Waals surface area contributed by atoms with Crippen LogP contribution in [0.5, 0.6) is 0 Å². The van der Waals surface area contributed by atoms with Crippen molar-refractivity contribution in [1.82, 2.24) is 0 Å². The molecule has 6 heteroatoms. The van der Waals surface area contributed by atoms with Crippen LogP contribution in [0.15, 0.2) is 0 Å². The van der Waals surface area contributed by atoms with Gasteiger partial charge in [0.2, 0.25) is 0 Å². The lowest BCUT2D eigenvalue weighted by molar-refractivity contribution is -0.144. The molecule has 1 fully saturated rings. The monoisotopic (exact) mass is 350 g/mol. The molecule has 22 heavy (non-hydrogen) atoms. The lowest BCUT2D eigenvalue weighted by atomic mass is 10.1. The zero-order valence-corrected chi connectivity index (χ0v) is 15.5. The van der Waals surface area contributed by atoms with Crippen molar-refractivity contribution < 1.29 is 17.9 Å². The van der Waals surface area contributed by atoms with Gasteiger partial charge >= 0.3 is 5.97 Å². The molecule has 1 saturated heterocycles. The number of sulfone groups is 1. The van der Waals surface area contributed by atoms with E-state index in [0.29, 0.717) is 0 Å². The number of rotatable bonds is 11. The van der Waals surface area contributed by atoms with E-state index in [1.165, 1.54) is 51.9 Å². The Labute approximate surface area is 139 Å². The number of carbonyl (C=O) groups excluding carboxylic acids is 1. The molecule has 2 atom stereocenters. The van der Waals surface area contributed by atoms with Gasteiger partial charge in [-0.15, -0.1) is 0 Å². The third kappa shape index (κ3) is 8.42. The zero-order valence-electron chi connectivity index (χ0n) is 13.9. The summed E-state index contributed by atoms with van der Waals surface area (Å²) >= 11 is 1.65. The normalized spacial score (nSPS) is 23.5. The van der Waals surface area contributed by atoms with Crippen LogP contribution in [0.4, 0.5) is 0 Å². The predicted octanol–water partition coefficient (Wildman–Crippen LogP) is 3.59. The first kappa shape index (κ1) is 19.8. The van der Waals surface area contributed by atoms with Gasteiger partial charge in [-0.1, -0.05) is 51.9 Å². The van der Waals surface area contributed by atoms with E-state index < -0.39 is 15.9 Å². The van der Waals surface area contributed by atoms with Gasteiger partial charge in [0.05, 0.1) is 16.8 Å². The smallest absolute Gasteiger partial charge is 0.302 e. The number of esters is 1. The van der Waals surface area contributed by atoms with Gasteiger partial charge in [0.15, 0.2) is 9.84 Å². The van der Waals surface area contributed by atoms with Crippen LogP contribution in [-0.2, 0) is 19.4 Å². The van der Waals surface area contributed by atoms with E-state index in [0.717, 1.165) is 12.2 Å². The molecule has 0 radical (unpaired) electrons. The highest BCUT2D eigenvalue weighted by Gasteiger charge is 2.39. The van der Waals surface area contributed by atoms with E-state index in [1.54, 1.807) is 11.8 Å². The first-order valence-corrected chi connectivity index (χ1v) is 11.3. The Hall–Kier alpha value is -0.230. The van der Waals surface area contributed by atoms with Crippen LogP contribution in [0.25, 0.3) is 0 Å². The molecule has 0 aliphatic carbocycles. The molecule has 0 N–H and O–H groups in total. The number of unbranched alkanes of at least 4 members (excludes halogenated alkanes) is 7. The molecule has 1 aliphatic rings. The maximum absolute atomic E-state index is 11.7. The van der Waals surface area contributed by atoms with Gasteiger partial charge in [0.1, 0.15) is 6.10 Å². The minimum atomic E-state index is -3.05. The molecule has 0 aromatic rings. The minimum absolute atomic E-state index is 0.0122. The fourth-order valence-electron chi connectivity index (χ4n) is 2.73. The second-order valence-electron chi connectivity index (χ2n) is 6.11. The van der Waals surface area contributed by atoms with E-state index in [1.807, 2.05) is 0 Å². The van der Waals surface area contributed by atoms with Crippen LogP contribution < -0.4 is 0 Å². The SMILES string of the molecule is CCCCCCCCCCS[C@@H]1CS(=O)(=O)C[C@H]1OC(C)=O. The maximum atomic E-state index is 11.7. The van der Waals surface area contributed by atoms with Gasteiger partial charge in [-0.05, 0) is 12.2 Å². The number of hydrogen-bond acceptors (Lipinski definition) is 5. The molecule has 0 bridgehead atoms. The summed E-state index contributed by atoms with van der Waals surface area (Å²) in [6, 6.07) is 0. The highest BCUT2D eigenvalue weighted by Crippen LogP contribution is 2.28. The summed E-state index contributed by atoms with van der Waals surface area (Å²) in [5.74, 6) is 0.695. The highest BCUT2D eigenvalue weighted by atomic mass is 32.2. The molecule has 4 nitrogen and oxygen atoms in total. The Morgan fingerprint density at radius 3 is 2.23 bits per heavy atom. The highest BCUT2D eigenvalue weighted by molar-refractivity contribution is 8.01. The fourth-order valence-corrected chi connectivity index (χ4v) is 6.55. The second-order valence-corrected chi connectivity index (χ2v) is 9.61. The Bertz CT molecular complexity index is 420. The summed E-state index contributed by atoms with van der Waals surface area (Å²) in [4.78, 5) is 11.1. The van der Waals surface area contributed by atoms with Crippen molar-refractivity contribution in [2.75, 3.05) is 17.3 Å². The lowest BCUT2D eigenvalue weighted by Crippen LogP contribution is -2.27. The van der Waals surface area contributed by atoms with Crippen molar-refractivity contribution in [2.45, 2.75) is 76.6 Å². The summed E-state index contributed by atoms with van der Waals surface area (Å²) in [5.41, 5.74) is 0. The largest absolute Gasteiger partial charge is 0.460 e. The molecule has 1 heterocycles. The van der Waals surface area contributed by atoms with Gasteiger partial charge < -0.3 is 4.74 Å². The Morgan fingerprint density at radius 2 is 1.64 bits per heavy atom. The van der Waals surface area contributed by atoms with Crippen molar-refractivity contribution >= 4 is 27.6 Å². The quantitative estimate of drug-likeness (QED) is 0.421. The molecule has 0 spiro atoms. The fraction of sp³-hybridized carbons (Fsp3) is 0.938. The number of ether oxygens (including phenoxy) is 1. The molecule has 0 saturated carbocycles. The number of hydrogen-bond donors (Lipinski definition) is 0. The topological polar surface area (TPSA) is 60.4 Å². The average molecular weight is 351 g/mol.